The SMILES string of the molecule is CC[C@H](C)[C@H](N)C(=O)N[C@@H](CC(C)C)C(=O)N[C@@H](CC(C)C)C(=O)N[C@@H](CCSC)C(=O)O. The third-order valence-corrected chi connectivity index (χ3v) is 6.11. The monoisotopic (exact) mass is 488 g/mol. The van der Waals surface area contributed by atoms with Gasteiger partial charge in [-0.15, -0.1) is 0 Å². The number of aliphatic carboxylic acids is 1. The predicted molar refractivity (Wildman–Crippen MR) is 133 cm³/mol. The molecule has 0 aliphatic carbocycles. The van der Waals surface area contributed by atoms with Crippen molar-refractivity contribution in [3.63, 3.8) is 0 Å². The van der Waals surface area contributed by atoms with Crippen molar-refractivity contribution in [1.29, 1.82) is 0 Å². The first kappa shape index (κ1) is 31.2. The van der Waals surface area contributed by atoms with Gasteiger partial charge in [-0.2, -0.15) is 11.8 Å². The van der Waals surface area contributed by atoms with Gasteiger partial charge in [-0.05, 0) is 49.0 Å². The first-order valence-corrected chi connectivity index (χ1v) is 13.1. The third-order valence-electron chi connectivity index (χ3n) is 5.47. The molecule has 0 aromatic heterocycles. The molecule has 0 aliphatic heterocycles. The minimum absolute atomic E-state index is 0.0403. The standard InChI is InChI=1S/C23H44N4O5S/c1-8-15(6)19(24)22(30)27-18(12-14(4)5)21(29)26-17(11-13(2)3)20(28)25-16(23(31)32)9-10-33-7/h13-19H,8-12,24H2,1-7H3,(H,25,28)(H,26,29)(H,27,30)(H,31,32)/t15-,16-,17-,18-,19-/m0/s1. The number of nitrogens with one attached hydrogen (secondary N) is 3. The van der Waals surface area contributed by atoms with Crippen LogP contribution in [-0.4, -0.2) is 65.0 Å². The first-order valence-electron chi connectivity index (χ1n) is 11.7. The number of hydrogen-bond donors (Lipinski definition) is 5. The summed E-state index contributed by atoms with van der Waals surface area (Å²) in [6.45, 7) is 11.5. The van der Waals surface area contributed by atoms with Crippen LogP contribution in [0.25, 0.3) is 0 Å². The lowest BCUT2D eigenvalue weighted by Crippen LogP contribution is -2.58. The van der Waals surface area contributed by atoms with Gasteiger partial charge in [-0.1, -0.05) is 48.0 Å². The van der Waals surface area contributed by atoms with Crippen LogP contribution in [0.3, 0.4) is 0 Å². The molecule has 0 saturated carbocycles. The molecule has 3 amide bonds. The lowest BCUT2D eigenvalue weighted by atomic mass is 9.97. The summed E-state index contributed by atoms with van der Waals surface area (Å²) in [6.07, 6.45) is 3.59. The molecule has 0 radical (unpaired) electrons. The average molecular weight is 489 g/mol. The van der Waals surface area contributed by atoms with Crippen molar-refractivity contribution in [3.05, 3.63) is 0 Å². The fraction of sp³-hybridized carbons (Fsp3) is 0.826. The Bertz CT molecular complexity index is 644. The van der Waals surface area contributed by atoms with E-state index in [0.717, 1.165) is 6.42 Å². The Kier molecular flexibility index (Phi) is 15.1. The van der Waals surface area contributed by atoms with Crippen LogP contribution in [0.2, 0.25) is 0 Å². The summed E-state index contributed by atoms with van der Waals surface area (Å²) in [6, 6.07) is -3.53. The summed E-state index contributed by atoms with van der Waals surface area (Å²) < 4.78 is 0. The minimum atomic E-state index is -1.11. The van der Waals surface area contributed by atoms with Crippen molar-refractivity contribution in [2.45, 2.75) is 91.4 Å². The van der Waals surface area contributed by atoms with Crippen molar-refractivity contribution in [2.24, 2.45) is 23.5 Å². The van der Waals surface area contributed by atoms with Crippen molar-refractivity contribution in [2.75, 3.05) is 12.0 Å². The molecule has 0 bridgehead atoms. The maximum Gasteiger partial charge on any atom is 0.326 e. The van der Waals surface area contributed by atoms with E-state index in [1.54, 1.807) is 0 Å². The molecule has 192 valence electrons. The minimum Gasteiger partial charge on any atom is -0.480 e. The van der Waals surface area contributed by atoms with Gasteiger partial charge in [0, 0.05) is 0 Å². The number of carboxylic acids is 1. The number of amides is 3. The summed E-state index contributed by atoms with van der Waals surface area (Å²) in [4.78, 5) is 50.1. The second-order valence-electron chi connectivity index (χ2n) is 9.47. The van der Waals surface area contributed by atoms with Gasteiger partial charge in [0.2, 0.25) is 17.7 Å². The zero-order valence-corrected chi connectivity index (χ0v) is 22.0. The van der Waals surface area contributed by atoms with Gasteiger partial charge in [0.25, 0.3) is 0 Å². The highest BCUT2D eigenvalue weighted by Gasteiger charge is 2.31. The van der Waals surface area contributed by atoms with E-state index in [2.05, 4.69) is 16.0 Å². The Morgan fingerprint density at radius 2 is 1.24 bits per heavy atom. The smallest absolute Gasteiger partial charge is 0.326 e. The zero-order valence-electron chi connectivity index (χ0n) is 21.1. The molecule has 0 fully saturated rings. The normalized spacial score (nSPS) is 15.9. The van der Waals surface area contributed by atoms with E-state index in [9.17, 15) is 24.3 Å². The summed E-state index contributed by atoms with van der Waals surface area (Å²) in [5, 5.41) is 17.5. The number of thioether (sulfide) groups is 1. The van der Waals surface area contributed by atoms with Crippen molar-refractivity contribution >= 4 is 35.5 Å². The Balaban J connectivity index is 5.50. The highest BCUT2D eigenvalue weighted by molar-refractivity contribution is 7.98. The molecule has 0 rings (SSSR count). The number of carbonyl (C=O) groups is 4. The molecule has 6 N–H and O–H groups in total. The highest BCUT2D eigenvalue weighted by atomic mass is 32.2. The van der Waals surface area contributed by atoms with Crippen LogP contribution >= 0.6 is 11.8 Å². The maximum atomic E-state index is 13.1. The van der Waals surface area contributed by atoms with Crippen LogP contribution in [0.4, 0.5) is 0 Å². The van der Waals surface area contributed by atoms with Gasteiger partial charge in [0.1, 0.15) is 18.1 Å². The van der Waals surface area contributed by atoms with E-state index in [1.807, 2.05) is 47.8 Å². The van der Waals surface area contributed by atoms with Crippen LogP contribution in [-0.2, 0) is 19.2 Å². The molecule has 0 aromatic rings. The van der Waals surface area contributed by atoms with Crippen molar-refractivity contribution < 1.29 is 24.3 Å². The van der Waals surface area contributed by atoms with E-state index in [-0.39, 0.29) is 24.2 Å². The summed E-state index contributed by atoms with van der Waals surface area (Å²) >= 11 is 1.49. The Morgan fingerprint density at radius 1 is 0.818 bits per heavy atom. The molecule has 0 spiro atoms. The van der Waals surface area contributed by atoms with Crippen LogP contribution in [0.15, 0.2) is 0 Å². The van der Waals surface area contributed by atoms with Crippen molar-refractivity contribution in [1.82, 2.24) is 16.0 Å². The third kappa shape index (κ3) is 12.3. The van der Waals surface area contributed by atoms with Gasteiger partial charge in [0.15, 0.2) is 0 Å². The first-order chi connectivity index (χ1) is 15.3. The van der Waals surface area contributed by atoms with E-state index >= 15 is 0 Å². The molecule has 33 heavy (non-hydrogen) atoms. The zero-order chi connectivity index (χ0) is 25.7. The average Bonchev–Trinajstić information content (AvgIpc) is 2.73. The Labute approximate surface area is 202 Å². The number of hydrogen-bond acceptors (Lipinski definition) is 6. The molecule has 0 aromatic carbocycles. The summed E-state index contributed by atoms with van der Waals surface area (Å²) in [7, 11) is 0. The molecule has 10 heteroatoms. The number of carbonyl (C=O) groups excluding carboxylic acids is 3. The van der Waals surface area contributed by atoms with Crippen LogP contribution in [0, 0.1) is 17.8 Å². The fourth-order valence-electron chi connectivity index (χ4n) is 3.22. The van der Waals surface area contributed by atoms with Crippen LogP contribution in [0.1, 0.15) is 67.2 Å². The molecular weight excluding hydrogens is 444 g/mol. The molecule has 5 atom stereocenters. The number of nitrogens with two attached hydrogens (primary N) is 1. The lowest BCUT2D eigenvalue weighted by Gasteiger charge is -2.27. The largest absolute Gasteiger partial charge is 0.480 e. The van der Waals surface area contributed by atoms with Gasteiger partial charge < -0.3 is 26.8 Å². The number of carboxylic acid groups (broad SMARTS) is 1. The second kappa shape index (κ2) is 15.9. The molecular formula is C23H44N4O5S. The molecule has 0 heterocycles. The van der Waals surface area contributed by atoms with Crippen molar-refractivity contribution in [3.8, 4) is 0 Å². The molecule has 9 nitrogen and oxygen atoms in total. The number of rotatable bonds is 16. The maximum absolute atomic E-state index is 13.1. The quantitative estimate of drug-likeness (QED) is 0.222. The lowest BCUT2D eigenvalue weighted by molar-refractivity contribution is -0.142. The predicted octanol–water partition coefficient (Wildman–Crippen LogP) is 1.74. The van der Waals surface area contributed by atoms with Gasteiger partial charge in [-0.25, -0.2) is 4.79 Å². The van der Waals surface area contributed by atoms with E-state index in [0.29, 0.717) is 18.6 Å². The second-order valence-corrected chi connectivity index (χ2v) is 10.5. The van der Waals surface area contributed by atoms with E-state index in [4.69, 9.17) is 5.73 Å². The molecule has 0 saturated heterocycles. The molecule has 0 aliphatic rings. The van der Waals surface area contributed by atoms with E-state index < -0.39 is 47.9 Å². The topological polar surface area (TPSA) is 151 Å². The molecule has 0 unspecified atom stereocenters. The van der Waals surface area contributed by atoms with Gasteiger partial charge in [0.05, 0.1) is 6.04 Å². The summed E-state index contributed by atoms with van der Waals surface area (Å²) in [5.74, 6) is -1.82. The highest BCUT2D eigenvalue weighted by Crippen LogP contribution is 2.11. The Morgan fingerprint density at radius 3 is 1.61 bits per heavy atom. The van der Waals surface area contributed by atoms with Crippen LogP contribution in [0.5, 0.6) is 0 Å². The van der Waals surface area contributed by atoms with Gasteiger partial charge >= 0.3 is 5.97 Å². The van der Waals surface area contributed by atoms with Crippen LogP contribution < -0.4 is 21.7 Å². The fourth-order valence-corrected chi connectivity index (χ4v) is 3.70. The Hall–Kier alpha value is -1.81. The summed E-state index contributed by atoms with van der Waals surface area (Å²) in [5.41, 5.74) is 6.02. The van der Waals surface area contributed by atoms with Gasteiger partial charge in [-0.3, -0.25) is 14.4 Å². The van der Waals surface area contributed by atoms with E-state index in [1.165, 1.54) is 11.8 Å².